The Hall–Kier alpha value is -2.14. The minimum Gasteiger partial charge on any atom is -0.423 e. The van der Waals surface area contributed by atoms with Gasteiger partial charge in [-0.2, -0.15) is 0 Å². The van der Waals surface area contributed by atoms with Crippen molar-refractivity contribution in [1.82, 2.24) is 0 Å². The molecule has 0 heterocycles. The van der Waals surface area contributed by atoms with Crippen molar-refractivity contribution in [2.45, 2.75) is 42.9 Å². The van der Waals surface area contributed by atoms with Crippen LogP contribution < -0.4 is 4.74 Å². The highest BCUT2D eigenvalue weighted by Crippen LogP contribution is 2.33. The molecule has 132 valence electrons. The number of sulfone groups is 1. The second-order valence-corrected chi connectivity index (χ2v) is 8.61. The van der Waals surface area contributed by atoms with Crippen LogP contribution in [0.5, 0.6) is 5.75 Å². The summed E-state index contributed by atoms with van der Waals surface area (Å²) in [6.07, 6.45) is 7.42. The highest BCUT2D eigenvalue weighted by atomic mass is 32.2. The summed E-state index contributed by atoms with van der Waals surface area (Å²) < 4.78 is 28.6. The van der Waals surface area contributed by atoms with E-state index in [0.29, 0.717) is 11.7 Å². The molecule has 0 amide bonds. The highest BCUT2D eigenvalue weighted by molar-refractivity contribution is 7.90. The van der Waals surface area contributed by atoms with Gasteiger partial charge in [-0.3, -0.25) is 0 Å². The molecule has 0 spiro atoms. The zero-order valence-corrected chi connectivity index (χ0v) is 15.1. The van der Waals surface area contributed by atoms with E-state index >= 15 is 0 Å². The Morgan fingerprint density at radius 3 is 2.32 bits per heavy atom. The van der Waals surface area contributed by atoms with E-state index in [2.05, 4.69) is 0 Å². The van der Waals surface area contributed by atoms with Gasteiger partial charge in [0, 0.05) is 6.26 Å². The van der Waals surface area contributed by atoms with Crippen LogP contribution in [0.2, 0.25) is 0 Å². The lowest BCUT2D eigenvalue weighted by molar-refractivity contribution is 0.0734. The smallest absolute Gasteiger partial charge is 0.343 e. The van der Waals surface area contributed by atoms with Gasteiger partial charge in [0.25, 0.3) is 0 Å². The third kappa shape index (κ3) is 4.48. The predicted molar refractivity (Wildman–Crippen MR) is 96.8 cm³/mol. The quantitative estimate of drug-likeness (QED) is 0.602. The lowest BCUT2D eigenvalue weighted by Gasteiger charge is -2.22. The van der Waals surface area contributed by atoms with Gasteiger partial charge in [-0.05, 0) is 54.7 Å². The molecule has 4 nitrogen and oxygen atoms in total. The molecule has 0 N–H and O–H groups in total. The molecule has 0 aliphatic heterocycles. The van der Waals surface area contributed by atoms with E-state index in [-0.39, 0.29) is 10.5 Å². The Kier molecular flexibility index (Phi) is 5.23. The molecule has 0 unspecified atom stereocenters. The van der Waals surface area contributed by atoms with Crippen LogP contribution in [-0.4, -0.2) is 20.6 Å². The molecule has 0 bridgehead atoms. The van der Waals surface area contributed by atoms with Crippen LogP contribution in [0.1, 0.15) is 53.9 Å². The summed E-state index contributed by atoms with van der Waals surface area (Å²) in [6.45, 7) is 0. The predicted octanol–water partition coefficient (Wildman–Crippen LogP) is 4.36. The van der Waals surface area contributed by atoms with E-state index in [4.69, 9.17) is 4.74 Å². The lowest BCUT2D eigenvalue weighted by atomic mass is 9.84. The number of ether oxygens (including phenoxy) is 1. The summed E-state index contributed by atoms with van der Waals surface area (Å²) in [7, 11) is -3.36. The maximum absolute atomic E-state index is 12.3. The van der Waals surface area contributed by atoms with Gasteiger partial charge >= 0.3 is 5.97 Å². The first-order valence-electron chi connectivity index (χ1n) is 8.56. The average Bonchev–Trinajstić information content (AvgIpc) is 2.62. The van der Waals surface area contributed by atoms with Crippen molar-refractivity contribution in [3.8, 4) is 5.75 Å². The fourth-order valence-corrected chi connectivity index (χ4v) is 3.93. The molecule has 3 rings (SSSR count). The number of rotatable bonds is 4. The van der Waals surface area contributed by atoms with Crippen LogP contribution in [0.4, 0.5) is 0 Å². The number of carbonyl (C=O) groups excluding carboxylic acids is 1. The van der Waals surface area contributed by atoms with Gasteiger partial charge in [-0.1, -0.05) is 37.5 Å². The molecule has 1 aliphatic carbocycles. The van der Waals surface area contributed by atoms with Crippen LogP contribution in [-0.2, 0) is 9.84 Å². The van der Waals surface area contributed by atoms with Crippen LogP contribution in [0.25, 0.3) is 0 Å². The number of hydrogen-bond donors (Lipinski definition) is 0. The van der Waals surface area contributed by atoms with E-state index < -0.39 is 15.8 Å². The van der Waals surface area contributed by atoms with Gasteiger partial charge in [0.15, 0.2) is 9.84 Å². The first-order valence-corrected chi connectivity index (χ1v) is 10.4. The van der Waals surface area contributed by atoms with Gasteiger partial charge in [-0.15, -0.1) is 0 Å². The molecule has 0 aromatic heterocycles. The number of carbonyl (C=O) groups is 1. The molecule has 1 fully saturated rings. The van der Waals surface area contributed by atoms with Crippen LogP contribution in [0.15, 0.2) is 53.4 Å². The maximum atomic E-state index is 12.3. The Labute approximate surface area is 148 Å². The summed E-state index contributed by atoms with van der Waals surface area (Å²) in [6, 6.07) is 13.5. The van der Waals surface area contributed by atoms with Gasteiger partial charge < -0.3 is 4.74 Å². The second-order valence-electron chi connectivity index (χ2n) is 6.59. The minimum absolute atomic E-state index is 0.106. The molecule has 0 saturated heterocycles. The molecule has 2 aromatic carbocycles. The molecular formula is C20H22O4S. The van der Waals surface area contributed by atoms with Crippen molar-refractivity contribution in [2.24, 2.45) is 0 Å². The Morgan fingerprint density at radius 2 is 1.68 bits per heavy atom. The molecule has 0 radical (unpaired) electrons. The summed E-state index contributed by atoms with van der Waals surface area (Å²) in [5.41, 5.74) is 1.51. The second kappa shape index (κ2) is 7.40. The fourth-order valence-electron chi connectivity index (χ4n) is 3.26. The Bertz CT molecular complexity index is 848. The SMILES string of the molecule is CS(=O)(=O)c1cccc(C(=O)Oc2ccc(C3CCCCC3)cc2)c1. The number of hydrogen-bond acceptors (Lipinski definition) is 4. The van der Waals surface area contributed by atoms with Gasteiger partial charge in [-0.25, -0.2) is 13.2 Å². The highest BCUT2D eigenvalue weighted by Gasteiger charge is 2.16. The van der Waals surface area contributed by atoms with Gasteiger partial charge in [0.1, 0.15) is 5.75 Å². The first-order chi connectivity index (χ1) is 11.9. The first kappa shape index (κ1) is 17.7. The topological polar surface area (TPSA) is 60.4 Å². The van der Waals surface area contributed by atoms with E-state index in [1.165, 1.54) is 49.8 Å². The molecular weight excluding hydrogens is 336 g/mol. The Morgan fingerprint density at radius 1 is 1.00 bits per heavy atom. The zero-order valence-electron chi connectivity index (χ0n) is 14.3. The number of esters is 1. The minimum atomic E-state index is -3.36. The van der Waals surface area contributed by atoms with Gasteiger partial charge in [0.05, 0.1) is 10.5 Å². The summed E-state index contributed by atoms with van der Waals surface area (Å²) >= 11 is 0. The molecule has 2 aromatic rings. The standard InChI is InChI=1S/C20H22O4S/c1-25(22,23)19-9-5-8-17(14-19)20(21)24-18-12-10-16(11-13-18)15-6-3-2-4-7-15/h5,8-15H,2-4,6-7H2,1H3. The molecule has 0 atom stereocenters. The van der Waals surface area contributed by atoms with E-state index in [1.807, 2.05) is 24.3 Å². The number of benzene rings is 2. The normalized spacial score (nSPS) is 15.7. The van der Waals surface area contributed by atoms with Gasteiger partial charge in [0.2, 0.25) is 0 Å². The molecule has 25 heavy (non-hydrogen) atoms. The van der Waals surface area contributed by atoms with Crippen molar-refractivity contribution in [3.05, 3.63) is 59.7 Å². The van der Waals surface area contributed by atoms with Crippen LogP contribution in [0.3, 0.4) is 0 Å². The largest absolute Gasteiger partial charge is 0.423 e. The summed E-state index contributed by atoms with van der Waals surface area (Å²) in [5, 5.41) is 0. The van der Waals surface area contributed by atoms with Crippen molar-refractivity contribution in [2.75, 3.05) is 6.26 Å². The van der Waals surface area contributed by atoms with Crippen molar-refractivity contribution >= 4 is 15.8 Å². The summed E-state index contributed by atoms with van der Waals surface area (Å²) in [5.74, 6) is 0.509. The molecule has 5 heteroatoms. The van der Waals surface area contributed by atoms with Crippen molar-refractivity contribution < 1.29 is 17.9 Å². The van der Waals surface area contributed by atoms with Crippen LogP contribution in [0, 0.1) is 0 Å². The zero-order chi connectivity index (χ0) is 17.9. The van der Waals surface area contributed by atoms with Crippen molar-refractivity contribution in [1.29, 1.82) is 0 Å². The Balaban J connectivity index is 1.71. The molecule has 1 saturated carbocycles. The van der Waals surface area contributed by atoms with E-state index in [9.17, 15) is 13.2 Å². The van der Waals surface area contributed by atoms with E-state index in [0.717, 1.165) is 6.26 Å². The van der Waals surface area contributed by atoms with E-state index in [1.54, 1.807) is 12.1 Å². The third-order valence-corrected chi connectivity index (χ3v) is 5.78. The average molecular weight is 358 g/mol. The fraction of sp³-hybridized carbons (Fsp3) is 0.350. The van der Waals surface area contributed by atoms with Crippen molar-refractivity contribution in [3.63, 3.8) is 0 Å². The molecule has 1 aliphatic rings. The monoisotopic (exact) mass is 358 g/mol. The maximum Gasteiger partial charge on any atom is 0.343 e. The third-order valence-electron chi connectivity index (χ3n) is 4.67. The summed E-state index contributed by atoms with van der Waals surface area (Å²) in [4.78, 5) is 12.4. The lowest BCUT2D eigenvalue weighted by Crippen LogP contribution is -2.10. The van der Waals surface area contributed by atoms with Crippen LogP contribution >= 0.6 is 0 Å².